The fourth-order valence-electron chi connectivity index (χ4n) is 2.97. The maximum atomic E-state index is 12.5. The highest BCUT2D eigenvalue weighted by Gasteiger charge is 2.28. The molecule has 1 atom stereocenters. The first kappa shape index (κ1) is 17.4. The van der Waals surface area contributed by atoms with Crippen LogP contribution in [0, 0.1) is 0 Å². The summed E-state index contributed by atoms with van der Waals surface area (Å²) in [7, 11) is -3.88. The Labute approximate surface area is 147 Å². The summed E-state index contributed by atoms with van der Waals surface area (Å²) in [5.41, 5.74) is 3.25. The predicted molar refractivity (Wildman–Crippen MR) is 98.0 cm³/mol. The van der Waals surface area contributed by atoms with E-state index in [1.165, 1.54) is 0 Å². The summed E-state index contributed by atoms with van der Waals surface area (Å²) in [5, 5.41) is 4.18. The van der Waals surface area contributed by atoms with Gasteiger partial charge in [0.25, 0.3) is 15.9 Å². The van der Waals surface area contributed by atoms with Crippen LogP contribution in [-0.4, -0.2) is 20.9 Å². The van der Waals surface area contributed by atoms with Gasteiger partial charge < -0.3 is 5.32 Å². The second kappa shape index (κ2) is 7.21. The van der Waals surface area contributed by atoms with Crippen molar-refractivity contribution in [2.45, 2.75) is 19.4 Å². The van der Waals surface area contributed by atoms with E-state index in [1.54, 1.807) is 6.92 Å². The summed E-state index contributed by atoms with van der Waals surface area (Å²) in [6.07, 6.45) is 0.819. The van der Waals surface area contributed by atoms with Crippen LogP contribution in [0.25, 0.3) is 5.57 Å². The number of benzene rings is 2. The van der Waals surface area contributed by atoms with E-state index in [0.29, 0.717) is 12.1 Å². The third-order valence-electron chi connectivity index (χ3n) is 4.17. The highest BCUT2D eigenvalue weighted by Crippen LogP contribution is 2.23. The second-order valence-corrected chi connectivity index (χ2v) is 7.54. The number of hydrogen-bond donors (Lipinski definition) is 2. The minimum atomic E-state index is -3.88. The van der Waals surface area contributed by atoms with Gasteiger partial charge >= 0.3 is 0 Å². The average molecular weight is 356 g/mol. The Bertz CT molecular complexity index is 905. The molecule has 1 aliphatic heterocycles. The van der Waals surface area contributed by atoms with Crippen molar-refractivity contribution >= 4 is 21.5 Å². The molecule has 0 saturated carbocycles. The lowest BCUT2D eigenvalue weighted by Gasteiger charge is -2.25. The molecule has 2 aromatic rings. The first-order valence-corrected chi connectivity index (χ1v) is 9.62. The normalized spacial score (nSPS) is 17.6. The quantitative estimate of drug-likeness (QED) is 0.882. The van der Waals surface area contributed by atoms with Crippen molar-refractivity contribution in [3.05, 3.63) is 76.7 Å². The second-order valence-electron chi connectivity index (χ2n) is 6.01. The van der Waals surface area contributed by atoms with Crippen LogP contribution in [0.15, 0.2) is 60.0 Å². The molecule has 0 radical (unpaired) electrons. The van der Waals surface area contributed by atoms with Crippen LogP contribution < -0.4 is 10.0 Å². The molecule has 1 amide bonds. The van der Waals surface area contributed by atoms with Crippen molar-refractivity contribution in [3.63, 3.8) is 0 Å². The molecule has 0 aliphatic carbocycles. The number of fused-ring (bicyclic) bond motifs is 1. The van der Waals surface area contributed by atoms with Gasteiger partial charge in [0, 0.05) is 6.54 Å². The molecule has 0 aromatic heterocycles. The first-order chi connectivity index (χ1) is 12.0. The van der Waals surface area contributed by atoms with Gasteiger partial charge in [-0.25, -0.2) is 13.1 Å². The van der Waals surface area contributed by atoms with Gasteiger partial charge in [-0.1, -0.05) is 54.6 Å². The molecule has 2 N–H and O–H groups in total. The lowest BCUT2D eigenvalue weighted by atomic mass is 9.94. The first-order valence-electron chi connectivity index (χ1n) is 8.08. The Morgan fingerprint density at radius 2 is 1.80 bits per heavy atom. The SMILES string of the molecule is CC(=CS(=O)(=O)NC(=O)C1NCCc2ccccc21)c1ccccc1. The van der Waals surface area contributed by atoms with Gasteiger partial charge in [0.2, 0.25) is 0 Å². The zero-order valence-electron chi connectivity index (χ0n) is 13.9. The van der Waals surface area contributed by atoms with E-state index in [1.807, 2.05) is 54.6 Å². The smallest absolute Gasteiger partial charge is 0.257 e. The van der Waals surface area contributed by atoms with E-state index in [9.17, 15) is 13.2 Å². The Morgan fingerprint density at radius 3 is 2.56 bits per heavy atom. The molecule has 0 fully saturated rings. The van der Waals surface area contributed by atoms with Gasteiger partial charge in [-0.15, -0.1) is 0 Å². The van der Waals surface area contributed by atoms with Gasteiger partial charge in [-0.05, 0) is 35.6 Å². The number of carbonyl (C=O) groups is 1. The summed E-state index contributed by atoms with van der Waals surface area (Å²) in [6.45, 7) is 2.33. The Morgan fingerprint density at radius 1 is 1.12 bits per heavy atom. The lowest BCUT2D eigenvalue weighted by Crippen LogP contribution is -2.43. The van der Waals surface area contributed by atoms with E-state index >= 15 is 0 Å². The topological polar surface area (TPSA) is 75.3 Å². The maximum absolute atomic E-state index is 12.5. The Balaban J connectivity index is 1.79. The fourth-order valence-corrected chi connectivity index (χ4v) is 4.03. The molecule has 1 heterocycles. The number of amides is 1. The molecular formula is C19H20N2O3S. The summed E-state index contributed by atoms with van der Waals surface area (Å²) in [4.78, 5) is 12.5. The summed E-state index contributed by atoms with van der Waals surface area (Å²) < 4.78 is 26.8. The third-order valence-corrected chi connectivity index (χ3v) is 5.32. The number of sulfonamides is 1. The average Bonchev–Trinajstić information content (AvgIpc) is 2.61. The van der Waals surface area contributed by atoms with Gasteiger partial charge in [0.1, 0.15) is 6.04 Å². The number of hydrogen-bond acceptors (Lipinski definition) is 4. The fraction of sp³-hybridized carbons (Fsp3) is 0.211. The van der Waals surface area contributed by atoms with Crippen molar-refractivity contribution < 1.29 is 13.2 Å². The zero-order valence-corrected chi connectivity index (χ0v) is 14.7. The molecule has 1 aliphatic rings. The van der Waals surface area contributed by atoms with Gasteiger partial charge in [0.05, 0.1) is 5.41 Å². The van der Waals surface area contributed by atoms with Crippen LogP contribution in [0.5, 0.6) is 0 Å². The third kappa shape index (κ3) is 4.15. The standard InChI is InChI=1S/C19H20N2O3S/c1-14(15-7-3-2-4-8-15)13-25(23,24)21-19(22)18-17-10-6-5-9-16(17)11-12-20-18/h2-10,13,18,20H,11-12H2,1H3,(H,21,22). The minimum absolute atomic E-state index is 0.565. The summed E-state index contributed by atoms with van der Waals surface area (Å²) in [5.74, 6) is -0.565. The zero-order chi connectivity index (χ0) is 17.9. The maximum Gasteiger partial charge on any atom is 0.257 e. The van der Waals surface area contributed by atoms with Crippen LogP contribution in [0.4, 0.5) is 0 Å². The largest absolute Gasteiger partial charge is 0.302 e. The summed E-state index contributed by atoms with van der Waals surface area (Å²) in [6, 6.07) is 16.1. The monoisotopic (exact) mass is 356 g/mol. The molecule has 0 spiro atoms. The van der Waals surface area contributed by atoms with Crippen molar-refractivity contribution in [2.24, 2.45) is 0 Å². The van der Waals surface area contributed by atoms with Gasteiger partial charge in [-0.2, -0.15) is 0 Å². The van der Waals surface area contributed by atoms with E-state index in [0.717, 1.165) is 28.5 Å². The molecule has 130 valence electrons. The van der Waals surface area contributed by atoms with E-state index in [4.69, 9.17) is 0 Å². The Hall–Kier alpha value is -2.44. The molecular weight excluding hydrogens is 336 g/mol. The molecule has 2 aromatic carbocycles. The van der Waals surface area contributed by atoms with Crippen LogP contribution in [-0.2, 0) is 21.2 Å². The predicted octanol–water partition coefficient (Wildman–Crippen LogP) is 2.38. The number of carbonyl (C=O) groups excluding carboxylic acids is 1. The molecule has 5 nitrogen and oxygen atoms in total. The number of nitrogens with one attached hydrogen (secondary N) is 2. The summed E-state index contributed by atoms with van der Waals surface area (Å²) >= 11 is 0. The molecule has 0 bridgehead atoms. The number of allylic oxidation sites excluding steroid dienone is 1. The van der Waals surface area contributed by atoms with Gasteiger partial charge in [-0.3, -0.25) is 4.79 Å². The van der Waals surface area contributed by atoms with Crippen molar-refractivity contribution in [1.29, 1.82) is 0 Å². The highest BCUT2D eigenvalue weighted by atomic mass is 32.2. The van der Waals surface area contributed by atoms with E-state index in [2.05, 4.69) is 10.0 Å². The van der Waals surface area contributed by atoms with E-state index < -0.39 is 22.0 Å². The lowest BCUT2D eigenvalue weighted by molar-refractivity contribution is -0.121. The molecule has 6 heteroatoms. The van der Waals surface area contributed by atoms with Crippen molar-refractivity contribution in [3.8, 4) is 0 Å². The van der Waals surface area contributed by atoms with Crippen LogP contribution in [0.1, 0.15) is 29.7 Å². The number of rotatable bonds is 4. The van der Waals surface area contributed by atoms with Crippen LogP contribution >= 0.6 is 0 Å². The van der Waals surface area contributed by atoms with Crippen LogP contribution in [0.2, 0.25) is 0 Å². The minimum Gasteiger partial charge on any atom is -0.302 e. The van der Waals surface area contributed by atoms with Crippen LogP contribution in [0.3, 0.4) is 0 Å². The molecule has 1 unspecified atom stereocenters. The van der Waals surface area contributed by atoms with E-state index in [-0.39, 0.29) is 0 Å². The molecule has 25 heavy (non-hydrogen) atoms. The Kier molecular flexibility index (Phi) is 5.01. The van der Waals surface area contributed by atoms with Gasteiger partial charge in [0.15, 0.2) is 0 Å². The van der Waals surface area contributed by atoms with Crippen molar-refractivity contribution in [1.82, 2.24) is 10.0 Å². The molecule has 3 rings (SSSR count). The highest BCUT2D eigenvalue weighted by molar-refractivity contribution is 7.93. The van der Waals surface area contributed by atoms with Crippen molar-refractivity contribution in [2.75, 3.05) is 6.54 Å². The molecule has 0 saturated heterocycles.